The summed E-state index contributed by atoms with van der Waals surface area (Å²) < 4.78 is 5.53. The minimum atomic E-state index is -0.775. The third-order valence-corrected chi connectivity index (χ3v) is 3.94. The summed E-state index contributed by atoms with van der Waals surface area (Å²) in [6.45, 7) is -0.471. The Kier molecular flexibility index (Phi) is 5.02. The molecule has 0 saturated heterocycles. The fourth-order valence-electron chi connectivity index (χ4n) is 2.42. The van der Waals surface area contributed by atoms with Crippen LogP contribution in [0.1, 0.15) is 23.1 Å². The van der Waals surface area contributed by atoms with Crippen LogP contribution >= 0.6 is 11.6 Å². The molecule has 2 heterocycles. The summed E-state index contributed by atoms with van der Waals surface area (Å²) in [5, 5.41) is 23.1. The van der Waals surface area contributed by atoms with Gasteiger partial charge in [-0.05, 0) is 18.2 Å². The SMILES string of the molecule is O=c1cc(CO)oc([C@@H](Nc2ccccn2)c2ccccc2Cl)c1O. The van der Waals surface area contributed by atoms with Gasteiger partial charge in [-0.3, -0.25) is 4.79 Å². The van der Waals surface area contributed by atoms with E-state index in [1.165, 1.54) is 0 Å². The van der Waals surface area contributed by atoms with E-state index in [4.69, 9.17) is 16.0 Å². The van der Waals surface area contributed by atoms with Crippen LogP contribution in [0.2, 0.25) is 5.02 Å². The molecule has 0 amide bonds. The Bertz CT molecular complexity index is 928. The molecule has 0 saturated carbocycles. The van der Waals surface area contributed by atoms with Crippen LogP contribution in [0.5, 0.6) is 5.75 Å². The van der Waals surface area contributed by atoms with E-state index in [2.05, 4.69) is 10.3 Å². The van der Waals surface area contributed by atoms with Crippen LogP contribution in [-0.4, -0.2) is 15.2 Å². The van der Waals surface area contributed by atoms with E-state index in [1.54, 1.807) is 48.7 Å². The van der Waals surface area contributed by atoms with Crippen molar-refractivity contribution in [2.45, 2.75) is 12.6 Å². The molecule has 0 aliphatic rings. The molecular weight excluding hydrogens is 344 g/mol. The lowest BCUT2D eigenvalue weighted by molar-refractivity contribution is 0.234. The maximum atomic E-state index is 12.0. The van der Waals surface area contributed by atoms with Crippen molar-refractivity contribution >= 4 is 17.4 Å². The molecule has 3 aromatic rings. The number of halogens is 1. The van der Waals surface area contributed by atoms with Gasteiger partial charge in [0.1, 0.15) is 24.2 Å². The van der Waals surface area contributed by atoms with Gasteiger partial charge in [-0.15, -0.1) is 0 Å². The number of nitrogens with one attached hydrogen (secondary N) is 1. The van der Waals surface area contributed by atoms with Gasteiger partial charge in [-0.2, -0.15) is 0 Å². The number of benzene rings is 1. The zero-order chi connectivity index (χ0) is 17.8. The molecular formula is C18H15ClN2O4. The number of aliphatic hydroxyl groups is 1. The minimum Gasteiger partial charge on any atom is -0.502 e. The van der Waals surface area contributed by atoms with Crippen molar-refractivity contribution in [3.63, 3.8) is 0 Å². The van der Waals surface area contributed by atoms with Crippen molar-refractivity contribution in [2.24, 2.45) is 0 Å². The fourth-order valence-corrected chi connectivity index (χ4v) is 2.66. The second-order valence-electron chi connectivity index (χ2n) is 5.26. The third kappa shape index (κ3) is 3.65. The topological polar surface area (TPSA) is 95.6 Å². The molecule has 25 heavy (non-hydrogen) atoms. The number of aromatic nitrogens is 1. The molecule has 1 atom stereocenters. The van der Waals surface area contributed by atoms with Crippen LogP contribution in [0.25, 0.3) is 0 Å². The first-order valence-corrected chi connectivity index (χ1v) is 7.86. The van der Waals surface area contributed by atoms with Crippen LogP contribution in [-0.2, 0) is 6.61 Å². The number of anilines is 1. The molecule has 0 aliphatic heterocycles. The standard InChI is InChI=1S/C18H15ClN2O4/c19-13-6-2-1-5-12(13)16(21-15-7-3-4-8-20-15)18-17(24)14(23)9-11(10-22)25-18/h1-9,16,22,24H,10H2,(H,20,21)/t16-/m0/s1. The van der Waals surface area contributed by atoms with E-state index in [0.717, 1.165) is 6.07 Å². The van der Waals surface area contributed by atoms with Gasteiger partial charge in [-0.1, -0.05) is 35.9 Å². The maximum absolute atomic E-state index is 12.0. The molecule has 128 valence electrons. The number of hydrogen-bond acceptors (Lipinski definition) is 6. The van der Waals surface area contributed by atoms with Gasteiger partial charge >= 0.3 is 0 Å². The molecule has 3 rings (SSSR count). The molecule has 6 nitrogen and oxygen atoms in total. The minimum absolute atomic E-state index is 0.0395. The van der Waals surface area contributed by atoms with Gasteiger partial charge in [0.2, 0.25) is 11.2 Å². The monoisotopic (exact) mass is 358 g/mol. The Morgan fingerprint density at radius 1 is 1.20 bits per heavy atom. The average Bonchev–Trinajstić information content (AvgIpc) is 2.63. The highest BCUT2D eigenvalue weighted by molar-refractivity contribution is 6.31. The van der Waals surface area contributed by atoms with Gasteiger partial charge in [-0.25, -0.2) is 4.98 Å². The van der Waals surface area contributed by atoms with Crippen molar-refractivity contribution in [2.75, 3.05) is 5.32 Å². The molecule has 2 aromatic heterocycles. The number of hydrogen-bond donors (Lipinski definition) is 3. The van der Waals surface area contributed by atoms with E-state index in [0.29, 0.717) is 16.4 Å². The van der Waals surface area contributed by atoms with Crippen molar-refractivity contribution in [1.29, 1.82) is 0 Å². The van der Waals surface area contributed by atoms with Crippen LogP contribution in [0.15, 0.2) is 63.9 Å². The highest BCUT2D eigenvalue weighted by Gasteiger charge is 2.25. The van der Waals surface area contributed by atoms with Crippen LogP contribution < -0.4 is 10.7 Å². The Morgan fingerprint density at radius 2 is 1.96 bits per heavy atom. The molecule has 0 bridgehead atoms. The summed E-state index contributed by atoms with van der Waals surface area (Å²) in [4.78, 5) is 16.2. The van der Waals surface area contributed by atoms with E-state index < -0.39 is 23.8 Å². The predicted octanol–water partition coefficient (Wildman–Crippen LogP) is 3.09. The maximum Gasteiger partial charge on any atom is 0.227 e. The van der Waals surface area contributed by atoms with Gasteiger partial charge in [0.05, 0.1) is 0 Å². The highest BCUT2D eigenvalue weighted by atomic mass is 35.5. The molecule has 0 radical (unpaired) electrons. The summed E-state index contributed by atoms with van der Waals surface area (Å²) in [5.41, 5.74) is -0.0615. The van der Waals surface area contributed by atoms with Gasteiger partial charge < -0.3 is 19.9 Å². The largest absolute Gasteiger partial charge is 0.502 e. The second kappa shape index (κ2) is 7.38. The summed E-state index contributed by atoms with van der Waals surface area (Å²) in [6, 6.07) is 12.5. The predicted molar refractivity (Wildman–Crippen MR) is 93.7 cm³/mol. The molecule has 0 fully saturated rings. The van der Waals surface area contributed by atoms with Crippen molar-refractivity contribution in [3.8, 4) is 5.75 Å². The quantitative estimate of drug-likeness (QED) is 0.648. The molecule has 3 N–H and O–H groups in total. The normalized spacial score (nSPS) is 11.9. The first kappa shape index (κ1) is 17.0. The van der Waals surface area contributed by atoms with E-state index in [1.807, 2.05) is 0 Å². The van der Waals surface area contributed by atoms with Gasteiger partial charge in [0, 0.05) is 22.8 Å². The Labute approximate surface area is 148 Å². The smallest absolute Gasteiger partial charge is 0.227 e. The second-order valence-corrected chi connectivity index (χ2v) is 5.67. The van der Waals surface area contributed by atoms with E-state index in [-0.39, 0.29) is 11.5 Å². The Hall–Kier alpha value is -2.83. The van der Waals surface area contributed by atoms with Crippen LogP contribution in [0.4, 0.5) is 5.82 Å². The van der Waals surface area contributed by atoms with Crippen molar-refractivity contribution in [3.05, 3.63) is 87.1 Å². The summed E-state index contributed by atoms with van der Waals surface area (Å²) >= 11 is 6.29. The first-order chi connectivity index (χ1) is 12.1. The Balaban J connectivity index is 2.16. The van der Waals surface area contributed by atoms with E-state index in [9.17, 15) is 15.0 Å². The van der Waals surface area contributed by atoms with Crippen LogP contribution in [0.3, 0.4) is 0 Å². The molecule has 0 unspecified atom stereocenters. The number of nitrogens with zero attached hydrogens (tertiary/aromatic N) is 1. The number of pyridine rings is 1. The van der Waals surface area contributed by atoms with Crippen LogP contribution in [0, 0.1) is 0 Å². The summed E-state index contributed by atoms with van der Waals surface area (Å²) in [5.74, 6) is -0.0533. The lowest BCUT2D eigenvalue weighted by atomic mass is 10.0. The average molecular weight is 359 g/mol. The zero-order valence-electron chi connectivity index (χ0n) is 13.0. The number of rotatable bonds is 5. The molecule has 0 aliphatic carbocycles. The Morgan fingerprint density at radius 3 is 2.64 bits per heavy atom. The zero-order valence-corrected chi connectivity index (χ0v) is 13.8. The van der Waals surface area contributed by atoms with Gasteiger partial charge in [0.15, 0.2) is 5.76 Å². The molecule has 0 spiro atoms. The molecule has 1 aromatic carbocycles. The number of aliphatic hydroxyl groups excluding tert-OH is 1. The third-order valence-electron chi connectivity index (χ3n) is 3.59. The highest BCUT2D eigenvalue weighted by Crippen LogP contribution is 2.34. The number of aromatic hydroxyl groups is 1. The summed E-state index contributed by atoms with van der Waals surface area (Å²) in [7, 11) is 0. The fraction of sp³-hybridized carbons (Fsp3) is 0.111. The first-order valence-electron chi connectivity index (χ1n) is 7.49. The molecule has 7 heteroatoms. The summed E-state index contributed by atoms with van der Waals surface area (Å²) in [6.07, 6.45) is 1.60. The van der Waals surface area contributed by atoms with E-state index >= 15 is 0 Å². The van der Waals surface area contributed by atoms with Gasteiger partial charge in [0.25, 0.3) is 0 Å². The lowest BCUT2D eigenvalue weighted by Crippen LogP contribution is -2.17. The lowest BCUT2D eigenvalue weighted by Gasteiger charge is -2.21. The van der Waals surface area contributed by atoms with Crippen molar-refractivity contribution < 1.29 is 14.6 Å². The van der Waals surface area contributed by atoms with Crippen molar-refractivity contribution in [1.82, 2.24) is 4.98 Å².